The first-order chi connectivity index (χ1) is 9.24. The number of benzene rings is 1. The second-order valence-corrected chi connectivity index (χ2v) is 5.64. The summed E-state index contributed by atoms with van der Waals surface area (Å²) >= 11 is 3.41. The first-order valence-corrected chi connectivity index (χ1v) is 7.03. The Hall–Kier alpha value is -1.39. The van der Waals surface area contributed by atoms with Gasteiger partial charge in [-0.25, -0.2) is 0 Å². The van der Waals surface area contributed by atoms with Crippen LogP contribution in [-0.4, -0.2) is 16.7 Å². The molecule has 19 heavy (non-hydrogen) atoms. The smallest absolute Gasteiger partial charge is 0.126 e. The van der Waals surface area contributed by atoms with E-state index in [0.717, 1.165) is 27.9 Å². The van der Waals surface area contributed by atoms with Crippen LogP contribution in [0.15, 0.2) is 47.1 Å². The molecule has 2 heterocycles. The van der Waals surface area contributed by atoms with Gasteiger partial charge in [0.1, 0.15) is 5.75 Å². The predicted molar refractivity (Wildman–Crippen MR) is 76.0 cm³/mol. The van der Waals surface area contributed by atoms with Gasteiger partial charge >= 0.3 is 0 Å². The van der Waals surface area contributed by atoms with Crippen LogP contribution in [0.4, 0.5) is 0 Å². The highest BCUT2D eigenvalue weighted by Gasteiger charge is 2.29. The first kappa shape index (κ1) is 12.6. The zero-order valence-corrected chi connectivity index (χ0v) is 11.9. The summed E-state index contributed by atoms with van der Waals surface area (Å²) in [5.41, 5.74) is 1.84. The third kappa shape index (κ3) is 2.65. The fourth-order valence-corrected chi connectivity index (χ4v) is 2.72. The van der Waals surface area contributed by atoms with Crippen molar-refractivity contribution in [2.45, 2.75) is 12.5 Å². The van der Waals surface area contributed by atoms with Crippen molar-refractivity contribution < 1.29 is 9.84 Å². The van der Waals surface area contributed by atoms with E-state index in [0.29, 0.717) is 6.61 Å². The van der Waals surface area contributed by atoms with Gasteiger partial charge in [-0.1, -0.05) is 28.1 Å². The van der Waals surface area contributed by atoms with Crippen LogP contribution in [0.25, 0.3) is 0 Å². The summed E-state index contributed by atoms with van der Waals surface area (Å²) in [6, 6.07) is 11.6. The number of pyridine rings is 1. The van der Waals surface area contributed by atoms with Crippen molar-refractivity contribution in [2.75, 3.05) is 6.61 Å². The molecular weight excluding hydrogens is 306 g/mol. The molecule has 1 aliphatic rings. The molecule has 0 spiro atoms. The molecule has 98 valence electrons. The van der Waals surface area contributed by atoms with Gasteiger partial charge in [-0.3, -0.25) is 4.98 Å². The molecule has 1 aromatic heterocycles. The molecule has 0 radical (unpaired) electrons. The third-order valence-corrected chi connectivity index (χ3v) is 3.88. The maximum atomic E-state index is 10.5. The van der Waals surface area contributed by atoms with Gasteiger partial charge in [0.05, 0.1) is 12.7 Å². The average molecular weight is 320 g/mol. The average Bonchev–Trinajstić information content (AvgIpc) is 2.43. The quantitative estimate of drug-likeness (QED) is 0.924. The standard InChI is InChI=1S/C15H14BrNO2/c16-11-4-5-13-14(8-11)19-9-10(15(13)18)7-12-3-1-2-6-17-12/h1-6,8,10,15,18H,7,9H2/t10-,15?/m0/s1. The maximum Gasteiger partial charge on any atom is 0.126 e. The van der Waals surface area contributed by atoms with E-state index in [1.165, 1.54) is 0 Å². The summed E-state index contributed by atoms with van der Waals surface area (Å²) in [4.78, 5) is 4.30. The lowest BCUT2D eigenvalue weighted by Crippen LogP contribution is -2.27. The van der Waals surface area contributed by atoms with E-state index < -0.39 is 6.10 Å². The van der Waals surface area contributed by atoms with Crippen LogP contribution in [0.1, 0.15) is 17.4 Å². The molecule has 1 aliphatic heterocycles. The fourth-order valence-electron chi connectivity index (χ4n) is 2.38. The second kappa shape index (κ2) is 5.31. The predicted octanol–water partition coefficient (Wildman–Crippen LogP) is 3.13. The molecule has 3 nitrogen and oxygen atoms in total. The van der Waals surface area contributed by atoms with Crippen LogP contribution in [0, 0.1) is 5.92 Å². The molecule has 4 heteroatoms. The molecule has 0 saturated heterocycles. The maximum absolute atomic E-state index is 10.5. The van der Waals surface area contributed by atoms with Crippen molar-refractivity contribution in [3.63, 3.8) is 0 Å². The summed E-state index contributed by atoms with van der Waals surface area (Å²) in [6.07, 6.45) is 1.99. The highest BCUT2D eigenvalue weighted by molar-refractivity contribution is 9.10. The summed E-state index contributed by atoms with van der Waals surface area (Å²) in [5, 5.41) is 10.5. The zero-order chi connectivity index (χ0) is 13.2. The van der Waals surface area contributed by atoms with E-state index in [1.807, 2.05) is 36.4 Å². The molecule has 0 bridgehead atoms. The van der Waals surface area contributed by atoms with E-state index in [4.69, 9.17) is 4.74 Å². The molecular formula is C15H14BrNO2. The van der Waals surface area contributed by atoms with E-state index >= 15 is 0 Å². The van der Waals surface area contributed by atoms with E-state index in [2.05, 4.69) is 20.9 Å². The van der Waals surface area contributed by atoms with Crippen molar-refractivity contribution in [2.24, 2.45) is 5.92 Å². The highest BCUT2D eigenvalue weighted by atomic mass is 79.9. The van der Waals surface area contributed by atoms with Crippen LogP contribution in [0.3, 0.4) is 0 Å². The van der Waals surface area contributed by atoms with Gasteiger partial charge < -0.3 is 9.84 Å². The normalized spacial score (nSPS) is 21.6. The fraction of sp³-hybridized carbons (Fsp3) is 0.267. The molecule has 2 atom stereocenters. The number of fused-ring (bicyclic) bond motifs is 1. The number of aromatic nitrogens is 1. The molecule has 0 saturated carbocycles. The number of ether oxygens (including phenoxy) is 1. The van der Waals surface area contributed by atoms with E-state index in [1.54, 1.807) is 6.20 Å². The minimum absolute atomic E-state index is 0.0450. The van der Waals surface area contributed by atoms with Crippen LogP contribution in [-0.2, 0) is 6.42 Å². The van der Waals surface area contributed by atoms with Crippen molar-refractivity contribution in [1.82, 2.24) is 4.98 Å². The largest absolute Gasteiger partial charge is 0.493 e. The van der Waals surface area contributed by atoms with Gasteiger partial charge in [-0.05, 0) is 30.7 Å². The summed E-state index contributed by atoms with van der Waals surface area (Å²) < 4.78 is 6.70. The van der Waals surface area contributed by atoms with Crippen molar-refractivity contribution in [3.8, 4) is 5.75 Å². The molecule has 0 fully saturated rings. The molecule has 3 rings (SSSR count). The minimum Gasteiger partial charge on any atom is -0.493 e. The first-order valence-electron chi connectivity index (χ1n) is 6.24. The number of halogens is 1. The van der Waals surface area contributed by atoms with Crippen molar-refractivity contribution in [3.05, 3.63) is 58.3 Å². The number of nitrogens with zero attached hydrogens (tertiary/aromatic N) is 1. The van der Waals surface area contributed by atoms with Crippen LogP contribution >= 0.6 is 15.9 Å². The van der Waals surface area contributed by atoms with E-state index in [-0.39, 0.29) is 5.92 Å². The summed E-state index contributed by atoms with van der Waals surface area (Å²) in [5.74, 6) is 0.808. The number of aliphatic hydroxyl groups excluding tert-OH is 1. The van der Waals surface area contributed by atoms with E-state index in [9.17, 15) is 5.11 Å². The van der Waals surface area contributed by atoms with Crippen molar-refractivity contribution in [1.29, 1.82) is 0 Å². The molecule has 2 aromatic rings. The van der Waals surface area contributed by atoms with Gasteiger partial charge in [0.25, 0.3) is 0 Å². The van der Waals surface area contributed by atoms with Crippen LogP contribution in [0.5, 0.6) is 5.75 Å². The van der Waals surface area contributed by atoms with Gasteiger partial charge in [-0.2, -0.15) is 0 Å². The minimum atomic E-state index is -0.501. The third-order valence-electron chi connectivity index (χ3n) is 3.39. The lowest BCUT2D eigenvalue weighted by molar-refractivity contribution is 0.0502. The number of hydrogen-bond donors (Lipinski definition) is 1. The van der Waals surface area contributed by atoms with Gasteiger partial charge in [0, 0.05) is 27.8 Å². The molecule has 0 aliphatic carbocycles. The van der Waals surface area contributed by atoms with Crippen molar-refractivity contribution >= 4 is 15.9 Å². The molecule has 1 N–H and O–H groups in total. The monoisotopic (exact) mass is 319 g/mol. The highest BCUT2D eigenvalue weighted by Crippen LogP contribution is 2.38. The lowest BCUT2D eigenvalue weighted by Gasteiger charge is -2.30. The Morgan fingerprint density at radius 3 is 3.00 bits per heavy atom. The van der Waals surface area contributed by atoms with Crippen LogP contribution in [0.2, 0.25) is 0 Å². The molecule has 0 amide bonds. The Morgan fingerprint density at radius 1 is 1.32 bits per heavy atom. The Bertz CT molecular complexity index is 574. The summed E-state index contributed by atoms with van der Waals surface area (Å²) in [7, 11) is 0. The Kier molecular flexibility index (Phi) is 3.53. The number of hydrogen-bond acceptors (Lipinski definition) is 3. The second-order valence-electron chi connectivity index (χ2n) is 4.72. The van der Waals surface area contributed by atoms with Gasteiger partial charge in [0.2, 0.25) is 0 Å². The Morgan fingerprint density at radius 2 is 2.21 bits per heavy atom. The van der Waals surface area contributed by atoms with Gasteiger partial charge in [0.15, 0.2) is 0 Å². The van der Waals surface area contributed by atoms with Gasteiger partial charge in [-0.15, -0.1) is 0 Å². The molecule has 1 aromatic carbocycles. The SMILES string of the molecule is OC1c2ccc(Br)cc2OC[C@@H]1Cc1ccccn1. The topological polar surface area (TPSA) is 42.4 Å². The molecule has 1 unspecified atom stereocenters. The Balaban J connectivity index is 1.82. The summed E-state index contributed by atoms with van der Waals surface area (Å²) in [6.45, 7) is 0.515. The zero-order valence-electron chi connectivity index (χ0n) is 10.3. The number of aliphatic hydroxyl groups is 1. The van der Waals surface area contributed by atoms with Crippen LogP contribution < -0.4 is 4.74 Å². The lowest BCUT2D eigenvalue weighted by atomic mass is 9.89. The Labute approximate surface area is 120 Å². The number of rotatable bonds is 2.